The van der Waals surface area contributed by atoms with Crippen LogP contribution in [0.4, 0.5) is 5.95 Å². The number of hydrogen-bond donors (Lipinski definition) is 0. The minimum atomic E-state index is -0.0597. The number of aromatic nitrogens is 2. The molecule has 1 aliphatic heterocycles. The van der Waals surface area contributed by atoms with Crippen molar-refractivity contribution in [3.63, 3.8) is 0 Å². The zero-order valence-electron chi connectivity index (χ0n) is 16.5. The van der Waals surface area contributed by atoms with Crippen molar-refractivity contribution in [2.45, 2.75) is 25.8 Å². The van der Waals surface area contributed by atoms with Gasteiger partial charge in [-0.1, -0.05) is 0 Å². The van der Waals surface area contributed by atoms with Gasteiger partial charge in [-0.2, -0.15) is 0 Å². The lowest BCUT2D eigenvalue weighted by Gasteiger charge is -2.27. The van der Waals surface area contributed by atoms with Gasteiger partial charge in [0.05, 0.1) is 31.5 Å². The molecule has 0 saturated carbocycles. The van der Waals surface area contributed by atoms with Crippen LogP contribution in [-0.4, -0.2) is 55.6 Å². The first kappa shape index (κ1) is 18.9. The maximum absolute atomic E-state index is 13.2. The summed E-state index contributed by atoms with van der Waals surface area (Å²) in [5.74, 6) is 2.05. The average Bonchev–Trinajstić information content (AvgIpc) is 3.16. The van der Waals surface area contributed by atoms with Crippen LogP contribution >= 0.6 is 0 Å². The minimum Gasteiger partial charge on any atom is -0.497 e. The molecule has 1 fully saturated rings. The number of rotatable bonds is 5. The number of amides is 1. The molecule has 1 aromatic carbocycles. The molecule has 1 aromatic heterocycles. The quantitative estimate of drug-likeness (QED) is 0.806. The van der Waals surface area contributed by atoms with Crippen molar-refractivity contribution in [1.29, 1.82) is 0 Å². The lowest BCUT2D eigenvalue weighted by molar-refractivity contribution is 0.0732. The van der Waals surface area contributed by atoms with Gasteiger partial charge in [-0.25, -0.2) is 9.97 Å². The van der Waals surface area contributed by atoms with Crippen molar-refractivity contribution in [1.82, 2.24) is 14.9 Å². The Kier molecular flexibility index (Phi) is 5.48. The molecule has 1 amide bonds. The van der Waals surface area contributed by atoms with Gasteiger partial charge in [0.2, 0.25) is 5.95 Å². The summed E-state index contributed by atoms with van der Waals surface area (Å²) < 4.78 is 10.9. The molecule has 0 radical (unpaired) electrons. The van der Waals surface area contributed by atoms with Gasteiger partial charge in [-0.3, -0.25) is 4.79 Å². The monoisotopic (exact) mass is 370 g/mol. The topological polar surface area (TPSA) is 67.8 Å². The number of benzene rings is 1. The number of likely N-dealkylation sites (tertiary alicyclic amines) is 1. The Hall–Kier alpha value is -2.83. The lowest BCUT2D eigenvalue weighted by Crippen LogP contribution is -2.31. The van der Waals surface area contributed by atoms with E-state index in [1.807, 2.05) is 49.0 Å². The van der Waals surface area contributed by atoms with Gasteiger partial charge >= 0.3 is 0 Å². The maximum atomic E-state index is 13.2. The first-order chi connectivity index (χ1) is 13.0. The van der Waals surface area contributed by atoms with Crippen molar-refractivity contribution in [3.05, 3.63) is 41.2 Å². The summed E-state index contributed by atoms with van der Waals surface area (Å²) in [6.07, 6.45) is 3.44. The predicted octanol–water partition coefficient (Wildman–Crippen LogP) is 2.85. The second-order valence-corrected chi connectivity index (χ2v) is 6.83. The molecule has 0 N–H and O–H groups in total. The Labute approximate surface area is 159 Å². The molecule has 1 unspecified atom stereocenters. The fraction of sp³-hybridized carbons (Fsp3) is 0.450. The van der Waals surface area contributed by atoms with Crippen LogP contribution in [0.1, 0.15) is 40.5 Å². The summed E-state index contributed by atoms with van der Waals surface area (Å²) in [5.41, 5.74) is 2.18. The van der Waals surface area contributed by atoms with Gasteiger partial charge in [-0.05, 0) is 38.0 Å². The normalized spacial score (nSPS) is 16.3. The number of methoxy groups -OCH3 is 2. The minimum absolute atomic E-state index is 0.0508. The highest BCUT2D eigenvalue weighted by Gasteiger charge is 2.33. The van der Waals surface area contributed by atoms with E-state index in [1.54, 1.807) is 20.4 Å². The van der Waals surface area contributed by atoms with Gasteiger partial charge in [0, 0.05) is 32.4 Å². The fourth-order valence-corrected chi connectivity index (χ4v) is 3.47. The Morgan fingerprint density at radius 1 is 1.26 bits per heavy atom. The molecule has 27 heavy (non-hydrogen) atoms. The lowest BCUT2D eigenvalue weighted by atomic mass is 10.0. The molecule has 1 aliphatic rings. The van der Waals surface area contributed by atoms with Crippen molar-refractivity contribution in [3.8, 4) is 11.5 Å². The van der Waals surface area contributed by atoms with Crippen LogP contribution in [0.15, 0.2) is 24.4 Å². The number of anilines is 1. The van der Waals surface area contributed by atoms with Crippen LogP contribution < -0.4 is 14.4 Å². The van der Waals surface area contributed by atoms with E-state index >= 15 is 0 Å². The summed E-state index contributed by atoms with van der Waals surface area (Å²) >= 11 is 0. The zero-order valence-corrected chi connectivity index (χ0v) is 16.5. The summed E-state index contributed by atoms with van der Waals surface area (Å²) in [4.78, 5) is 25.7. The SMILES string of the molecule is COc1ccc(OC)c(C2CCCN2C(=O)c2cnc(N(C)C)nc2C)c1. The molecule has 7 nitrogen and oxygen atoms in total. The third-order valence-corrected chi connectivity index (χ3v) is 4.91. The van der Waals surface area contributed by atoms with E-state index in [2.05, 4.69) is 9.97 Å². The number of carbonyl (C=O) groups is 1. The molecule has 1 saturated heterocycles. The zero-order chi connectivity index (χ0) is 19.6. The summed E-state index contributed by atoms with van der Waals surface area (Å²) in [6, 6.07) is 5.64. The van der Waals surface area contributed by atoms with E-state index in [9.17, 15) is 4.79 Å². The molecule has 0 bridgehead atoms. The molecule has 2 aromatic rings. The molecule has 7 heteroatoms. The smallest absolute Gasteiger partial charge is 0.257 e. The van der Waals surface area contributed by atoms with Gasteiger partial charge in [0.15, 0.2) is 0 Å². The van der Waals surface area contributed by atoms with E-state index in [0.29, 0.717) is 23.8 Å². The third kappa shape index (κ3) is 3.67. The van der Waals surface area contributed by atoms with Crippen molar-refractivity contribution < 1.29 is 14.3 Å². The van der Waals surface area contributed by atoms with Crippen LogP contribution in [0.2, 0.25) is 0 Å². The number of hydrogen-bond acceptors (Lipinski definition) is 6. The third-order valence-electron chi connectivity index (χ3n) is 4.91. The molecular formula is C20H26N4O3. The molecular weight excluding hydrogens is 344 g/mol. The van der Waals surface area contributed by atoms with Gasteiger partial charge < -0.3 is 19.3 Å². The Balaban J connectivity index is 1.94. The van der Waals surface area contributed by atoms with Gasteiger partial charge in [0.25, 0.3) is 5.91 Å². The number of nitrogens with zero attached hydrogens (tertiary/aromatic N) is 4. The molecule has 0 spiro atoms. The largest absolute Gasteiger partial charge is 0.497 e. The molecule has 1 atom stereocenters. The van der Waals surface area contributed by atoms with Crippen molar-refractivity contribution in [2.24, 2.45) is 0 Å². The maximum Gasteiger partial charge on any atom is 0.257 e. The summed E-state index contributed by atoms with van der Waals surface area (Å²) in [5, 5.41) is 0. The second kappa shape index (κ2) is 7.82. The van der Waals surface area contributed by atoms with E-state index in [-0.39, 0.29) is 11.9 Å². The fourth-order valence-electron chi connectivity index (χ4n) is 3.47. The first-order valence-corrected chi connectivity index (χ1v) is 9.00. The second-order valence-electron chi connectivity index (χ2n) is 6.83. The molecule has 144 valence electrons. The van der Waals surface area contributed by atoms with Gasteiger partial charge in [0.1, 0.15) is 11.5 Å². The average molecular weight is 370 g/mol. The van der Waals surface area contributed by atoms with E-state index in [1.165, 1.54) is 0 Å². The first-order valence-electron chi connectivity index (χ1n) is 9.00. The molecule has 3 rings (SSSR count). The van der Waals surface area contributed by atoms with E-state index < -0.39 is 0 Å². The standard InChI is InChI=1S/C20H26N4O3/c1-13-16(12-21-20(22-13)23(2)3)19(25)24-10-6-7-17(24)15-11-14(26-4)8-9-18(15)27-5/h8-9,11-12,17H,6-7,10H2,1-5H3. The summed E-state index contributed by atoms with van der Waals surface area (Å²) in [7, 11) is 7.03. The Bertz CT molecular complexity index is 838. The highest BCUT2D eigenvalue weighted by molar-refractivity contribution is 5.95. The van der Waals surface area contributed by atoms with Crippen LogP contribution in [0, 0.1) is 6.92 Å². The van der Waals surface area contributed by atoms with Gasteiger partial charge in [-0.15, -0.1) is 0 Å². The van der Waals surface area contributed by atoms with Crippen LogP contribution in [0.3, 0.4) is 0 Å². The number of aryl methyl sites for hydroxylation is 1. The number of ether oxygens (including phenoxy) is 2. The van der Waals surface area contributed by atoms with E-state index in [4.69, 9.17) is 9.47 Å². The van der Waals surface area contributed by atoms with E-state index in [0.717, 1.165) is 29.9 Å². The highest BCUT2D eigenvalue weighted by atomic mass is 16.5. The van der Waals surface area contributed by atoms with Crippen LogP contribution in [-0.2, 0) is 0 Å². The number of carbonyl (C=O) groups excluding carboxylic acids is 1. The molecule has 2 heterocycles. The summed E-state index contributed by atoms with van der Waals surface area (Å²) in [6.45, 7) is 2.54. The van der Waals surface area contributed by atoms with Crippen molar-refractivity contribution in [2.75, 3.05) is 39.8 Å². The highest BCUT2D eigenvalue weighted by Crippen LogP contribution is 2.39. The van der Waals surface area contributed by atoms with Crippen LogP contribution in [0.5, 0.6) is 11.5 Å². The Morgan fingerprint density at radius 3 is 2.67 bits per heavy atom. The molecule has 0 aliphatic carbocycles. The van der Waals surface area contributed by atoms with Crippen LogP contribution in [0.25, 0.3) is 0 Å². The predicted molar refractivity (Wildman–Crippen MR) is 104 cm³/mol. The Morgan fingerprint density at radius 2 is 2.04 bits per heavy atom. The van der Waals surface area contributed by atoms with Crippen molar-refractivity contribution >= 4 is 11.9 Å².